The van der Waals surface area contributed by atoms with Gasteiger partial charge in [-0.3, -0.25) is 9.48 Å². The summed E-state index contributed by atoms with van der Waals surface area (Å²) in [5.74, 6) is -0.0326. The number of methoxy groups -OCH3 is 1. The van der Waals surface area contributed by atoms with Crippen LogP contribution in [-0.4, -0.2) is 28.8 Å². The quantitative estimate of drug-likeness (QED) is 0.608. The molecule has 0 saturated carbocycles. The fourth-order valence-corrected chi connectivity index (χ4v) is 2.40. The summed E-state index contributed by atoms with van der Waals surface area (Å²) in [6.07, 6.45) is 2.92. The van der Waals surface area contributed by atoms with Crippen LogP contribution >= 0.6 is 0 Å². The molecule has 0 spiro atoms. The largest absolute Gasteiger partial charge is 0.497 e. The molecule has 144 valence electrons. The van der Waals surface area contributed by atoms with Crippen LogP contribution in [0.1, 0.15) is 0 Å². The van der Waals surface area contributed by atoms with Crippen molar-refractivity contribution in [1.29, 1.82) is 0 Å². The third-order valence-electron chi connectivity index (χ3n) is 3.65. The molecular weight excluding hydrogens is 365 g/mol. The molecule has 9 heteroatoms. The zero-order valence-corrected chi connectivity index (χ0v) is 15.0. The minimum Gasteiger partial charge on any atom is -0.497 e. The van der Waals surface area contributed by atoms with Gasteiger partial charge in [-0.1, -0.05) is 6.07 Å². The Balaban J connectivity index is 1.51. The maximum absolute atomic E-state index is 13.1. The van der Waals surface area contributed by atoms with Crippen LogP contribution in [0.15, 0.2) is 60.9 Å². The number of rotatable bonds is 6. The van der Waals surface area contributed by atoms with E-state index in [0.717, 1.165) is 0 Å². The molecule has 2 aromatic carbocycles. The zero-order chi connectivity index (χ0) is 19.9. The van der Waals surface area contributed by atoms with Crippen LogP contribution in [0, 0.1) is 5.82 Å². The topological polar surface area (TPSA) is 97.3 Å². The average Bonchev–Trinajstić information content (AvgIpc) is 3.08. The Labute approximate surface area is 160 Å². The molecular formula is C19H18FN5O3. The van der Waals surface area contributed by atoms with Crippen LogP contribution in [0.25, 0.3) is 0 Å². The molecule has 3 N–H and O–H groups in total. The number of urea groups is 1. The molecule has 0 aliphatic rings. The molecule has 0 unspecified atom stereocenters. The van der Waals surface area contributed by atoms with Crippen LogP contribution in [0.4, 0.5) is 26.2 Å². The van der Waals surface area contributed by atoms with Gasteiger partial charge in [0.2, 0.25) is 5.91 Å². The first-order chi connectivity index (χ1) is 13.5. The smallest absolute Gasteiger partial charge is 0.323 e. The van der Waals surface area contributed by atoms with Crippen LogP contribution in [-0.2, 0) is 11.3 Å². The van der Waals surface area contributed by atoms with E-state index in [0.29, 0.717) is 22.8 Å². The number of halogens is 1. The molecule has 0 aliphatic heterocycles. The predicted molar refractivity (Wildman–Crippen MR) is 103 cm³/mol. The summed E-state index contributed by atoms with van der Waals surface area (Å²) < 4.78 is 19.6. The molecule has 3 amide bonds. The van der Waals surface area contributed by atoms with E-state index in [2.05, 4.69) is 21.0 Å². The van der Waals surface area contributed by atoms with E-state index in [9.17, 15) is 14.0 Å². The predicted octanol–water partition coefficient (Wildman–Crippen LogP) is 3.31. The van der Waals surface area contributed by atoms with Gasteiger partial charge < -0.3 is 20.7 Å². The lowest BCUT2D eigenvalue weighted by Crippen LogP contribution is -2.20. The average molecular weight is 383 g/mol. The summed E-state index contributed by atoms with van der Waals surface area (Å²) in [6, 6.07) is 11.9. The van der Waals surface area contributed by atoms with Gasteiger partial charge >= 0.3 is 6.03 Å². The molecule has 1 aromatic heterocycles. The SMILES string of the molecule is COc1ccc(NC(=O)Cn2cc(NC(=O)Nc3cccc(F)c3)cn2)cc1. The maximum Gasteiger partial charge on any atom is 0.323 e. The Kier molecular flexibility index (Phi) is 5.85. The second-order valence-electron chi connectivity index (χ2n) is 5.79. The lowest BCUT2D eigenvalue weighted by molar-refractivity contribution is -0.116. The van der Waals surface area contributed by atoms with Crippen molar-refractivity contribution in [2.75, 3.05) is 23.1 Å². The van der Waals surface area contributed by atoms with Gasteiger partial charge in [0.25, 0.3) is 0 Å². The van der Waals surface area contributed by atoms with Gasteiger partial charge in [-0.25, -0.2) is 9.18 Å². The van der Waals surface area contributed by atoms with E-state index < -0.39 is 11.8 Å². The molecule has 0 radical (unpaired) electrons. The normalized spacial score (nSPS) is 10.2. The van der Waals surface area contributed by atoms with Gasteiger partial charge in [0.1, 0.15) is 18.1 Å². The Hall–Kier alpha value is -3.88. The lowest BCUT2D eigenvalue weighted by atomic mass is 10.3. The van der Waals surface area contributed by atoms with E-state index in [1.807, 2.05) is 0 Å². The second-order valence-corrected chi connectivity index (χ2v) is 5.79. The molecule has 3 aromatic rings. The van der Waals surface area contributed by atoms with E-state index >= 15 is 0 Å². The standard InChI is InChI=1S/C19H18FN5O3/c1-28-17-7-5-14(6-8-17)22-18(26)12-25-11-16(10-21-25)24-19(27)23-15-4-2-3-13(20)9-15/h2-11H,12H2,1H3,(H,22,26)(H2,23,24,27). The van der Waals surface area contributed by atoms with Gasteiger partial charge in [0.15, 0.2) is 0 Å². The molecule has 0 bridgehead atoms. The number of hydrogen-bond acceptors (Lipinski definition) is 4. The van der Waals surface area contributed by atoms with Crippen molar-refractivity contribution < 1.29 is 18.7 Å². The van der Waals surface area contributed by atoms with Crippen LogP contribution in [0.3, 0.4) is 0 Å². The van der Waals surface area contributed by atoms with Crippen molar-refractivity contribution in [2.45, 2.75) is 6.54 Å². The highest BCUT2D eigenvalue weighted by Crippen LogP contribution is 2.15. The number of amides is 3. The highest BCUT2D eigenvalue weighted by atomic mass is 19.1. The fourth-order valence-electron chi connectivity index (χ4n) is 2.40. The molecule has 8 nitrogen and oxygen atoms in total. The first-order valence-corrected chi connectivity index (χ1v) is 8.32. The summed E-state index contributed by atoms with van der Waals surface area (Å²) >= 11 is 0. The van der Waals surface area contributed by atoms with Crippen molar-refractivity contribution in [3.63, 3.8) is 0 Å². The number of nitrogens with zero attached hydrogens (tertiary/aromatic N) is 2. The van der Waals surface area contributed by atoms with Crippen molar-refractivity contribution in [2.24, 2.45) is 0 Å². The number of hydrogen-bond donors (Lipinski definition) is 3. The summed E-state index contributed by atoms with van der Waals surface area (Å²) in [6.45, 7) is -0.0285. The van der Waals surface area contributed by atoms with Gasteiger partial charge in [-0.2, -0.15) is 5.10 Å². The number of carbonyl (C=O) groups excluding carboxylic acids is 2. The summed E-state index contributed by atoms with van der Waals surface area (Å²) in [5, 5.41) is 11.8. The second kappa shape index (κ2) is 8.67. The van der Waals surface area contributed by atoms with Crippen molar-refractivity contribution >= 4 is 29.0 Å². The number of anilines is 3. The van der Waals surface area contributed by atoms with Crippen LogP contribution in [0.5, 0.6) is 5.75 Å². The number of ether oxygens (including phenoxy) is 1. The van der Waals surface area contributed by atoms with Crippen LogP contribution in [0.2, 0.25) is 0 Å². The molecule has 0 saturated heterocycles. The first kappa shape index (κ1) is 18.9. The van der Waals surface area contributed by atoms with E-state index in [-0.39, 0.29) is 12.5 Å². The summed E-state index contributed by atoms with van der Waals surface area (Å²) in [4.78, 5) is 24.0. The van der Waals surface area contributed by atoms with Gasteiger partial charge in [0, 0.05) is 17.6 Å². The first-order valence-electron chi connectivity index (χ1n) is 8.32. The number of aromatic nitrogens is 2. The minimum atomic E-state index is -0.548. The lowest BCUT2D eigenvalue weighted by Gasteiger charge is -2.07. The summed E-state index contributed by atoms with van der Waals surface area (Å²) in [5.41, 5.74) is 1.35. The van der Waals surface area contributed by atoms with Crippen molar-refractivity contribution in [1.82, 2.24) is 9.78 Å². The Bertz CT molecular complexity index is 972. The monoisotopic (exact) mass is 383 g/mol. The Morgan fingerprint density at radius 2 is 1.79 bits per heavy atom. The van der Waals surface area contributed by atoms with Gasteiger partial charge in [0.05, 0.1) is 19.0 Å². The molecule has 28 heavy (non-hydrogen) atoms. The van der Waals surface area contributed by atoms with E-state index in [1.165, 1.54) is 35.3 Å². The molecule has 1 heterocycles. The number of nitrogens with one attached hydrogen (secondary N) is 3. The Morgan fingerprint density at radius 1 is 1.04 bits per heavy atom. The van der Waals surface area contributed by atoms with E-state index in [1.54, 1.807) is 37.4 Å². The third kappa shape index (κ3) is 5.31. The highest BCUT2D eigenvalue weighted by Gasteiger charge is 2.08. The molecule has 3 rings (SSSR count). The van der Waals surface area contributed by atoms with E-state index in [4.69, 9.17) is 4.74 Å². The van der Waals surface area contributed by atoms with Crippen molar-refractivity contribution in [3.8, 4) is 5.75 Å². The maximum atomic E-state index is 13.1. The van der Waals surface area contributed by atoms with Gasteiger partial charge in [-0.05, 0) is 42.5 Å². The summed E-state index contributed by atoms with van der Waals surface area (Å²) in [7, 11) is 1.56. The van der Waals surface area contributed by atoms with Crippen LogP contribution < -0.4 is 20.7 Å². The minimum absolute atomic E-state index is 0.0285. The molecule has 0 aliphatic carbocycles. The zero-order valence-electron chi connectivity index (χ0n) is 15.0. The van der Waals surface area contributed by atoms with Crippen molar-refractivity contribution in [3.05, 3.63) is 66.7 Å². The highest BCUT2D eigenvalue weighted by molar-refractivity contribution is 5.99. The third-order valence-corrected chi connectivity index (χ3v) is 3.65. The fraction of sp³-hybridized carbons (Fsp3) is 0.105. The number of carbonyl (C=O) groups is 2. The Morgan fingerprint density at radius 3 is 2.50 bits per heavy atom. The van der Waals surface area contributed by atoms with Gasteiger partial charge in [-0.15, -0.1) is 0 Å². The number of benzene rings is 2. The molecule has 0 atom stereocenters. The molecule has 0 fully saturated rings.